The van der Waals surface area contributed by atoms with Gasteiger partial charge in [0, 0.05) is 32.2 Å². The summed E-state index contributed by atoms with van der Waals surface area (Å²) in [6, 6.07) is 10.3. The Morgan fingerprint density at radius 3 is 2.58 bits per heavy atom. The van der Waals surface area contributed by atoms with Crippen LogP contribution in [-0.2, 0) is 4.79 Å². The monoisotopic (exact) mass is 327 g/mol. The first-order valence-corrected chi connectivity index (χ1v) is 8.40. The molecule has 8 nitrogen and oxygen atoms in total. The Balaban J connectivity index is 1.36. The molecule has 2 heterocycles. The summed E-state index contributed by atoms with van der Waals surface area (Å²) in [6.45, 7) is 3.77. The molecule has 2 aromatic rings. The second-order valence-electron chi connectivity index (χ2n) is 6.33. The summed E-state index contributed by atoms with van der Waals surface area (Å²) < 4.78 is 1.76. The van der Waals surface area contributed by atoms with Crippen molar-refractivity contribution in [1.29, 1.82) is 0 Å². The third kappa shape index (κ3) is 3.38. The minimum absolute atomic E-state index is 0.139. The number of carbonyl (C=O) groups is 1. The van der Waals surface area contributed by atoms with Crippen LogP contribution in [0.3, 0.4) is 0 Å². The Morgan fingerprint density at radius 2 is 1.88 bits per heavy atom. The number of tetrazole rings is 1. The van der Waals surface area contributed by atoms with Crippen LogP contribution < -0.4 is 10.2 Å². The van der Waals surface area contributed by atoms with Gasteiger partial charge in [-0.2, -0.15) is 4.68 Å². The highest BCUT2D eigenvalue weighted by Crippen LogP contribution is 2.19. The van der Waals surface area contributed by atoms with Crippen LogP contribution in [0.2, 0.25) is 0 Å². The quantitative estimate of drug-likeness (QED) is 0.837. The second-order valence-corrected chi connectivity index (χ2v) is 6.33. The first-order valence-electron chi connectivity index (χ1n) is 8.40. The number of hydrogen-bond donors (Lipinski definition) is 1. The highest BCUT2D eigenvalue weighted by Gasteiger charge is 2.26. The Kier molecular flexibility index (Phi) is 4.12. The molecule has 1 amide bonds. The van der Waals surface area contributed by atoms with Crippen molar-refractivity contribution in [3.63, 3.8) is 0 Å². The van der Waals surface area contributed by atoms with Gasteiger partial charge >= 0.3 is 0 Å². The van der Waals surface area contributed by atoms with Crippen molar-refractivity contribution < 1.29 is 4.79 Å². The smallest absolute Gasteiger partial charge is 0.250 e. The van der Waals surface area contributed by atoms with E-state index in [1.54, 1.807) is 4.68 Å². The molecule has 8 heteroatoms. The number of carbonyl (C=O) groups excluding carboxylic acids is 1. The molecule has 2 aliphatic rings. The average Bonchev–Trinajstić information content (AvgIpc) is 3.28. The topological polar surface area (TPSA) is 79.2 Å². The molecular weight excluding hydrogens is 306 g/mol. The number of benzene rings is 1. The number of nitrogens with zero attached hydrogens (tertiary/aromatic N) is 6. The van der Waals surface area contributed by atoms with Crippen LogP contribution in [0.1, 0.15) is 12.8 Å². The van der Waals surface area contributed by atoms with Crippen LogP contribution in [0.5, 0.6) is 0 Å². The summed E-state index contributed by atoms with van der Waals surface area (Å²) in [5, 5.41) is 15.1. The fourth-order valence-corrected chi connectivity index (χ4v) is 2.93. The fourth-order valence-electron chi connectivity index (χ4n) is 2.93. The molecule has 1 saturated carbocycles. The Hall–Kier alpha value is -2.48. The zero-order valence-electron chi connectivity index (χ0n) is 13.5. The van der Waals surface area contributed by atoms with Gasteiger partial charge in [-0.05, 0) is 35.4 Å². The van der Waals surface area contributed by atoms with Gasteiger partial charge in [0.05, 0.1) is 12.2 Å². The normalized spacial score (nSPS) is 18.6. The molecule has 126 valence electrons. The lowest BCUT2D eigenvalue weighted by molar-refractivity contribution is -0.122. The van der Waals surface area contributed by atoms with E-state index in [2.05, 4.69) is 30.6 Å². The van der Waals surface area contributed by atoms with Crippen molar-refractivity contribution in [2.75, 3.05) is 37.6 Å². The van der Waals surface area contributed by atoms with Crippen LogP contribution in [0.15, 0.2) is 30.3 Å². The lowest BCUT2D eigenvalue weighted by Crippen LogP contribution is -2.50. The summed E-state index contributed by atoms with van der Waals surface area (Å²) in [5.41, 5.74) is 0.948. The predicted molar refractivity (Wildman–Crippen MR) is 89.0 cm³/mol. The van der Waals surface area contributed by atoms with E-state index in [1.807, 2.05) is 30.3 Å². The first kappa shape index (κ1) is 15.1. The van der Waals surface area contributed by atoms with Crippen molar-refractivity contribution in [3.05, 3.63) is 30.3 Å². The minimum atomic E-state index is 0.139. The van der Waals surface area contributed by atoms with Crippen molar-refractivity contribution in [3.8, 4) is 5.69 Å². The molecule has 2 fully saturated rings. The molecule has 1 aromatic heterocycles. The number of aromatic nitrogens is 4. The van der Waals surface area contributed by atoms with Gasteiger partial charge in [-0.1, -0.05) is 23.3 Å². The number of hydrogen-bond acceptors (Lipinski definition) is 6. The van der Waals surface area contributed by atoms with E-state index >= 15 is 0 Å². The summed E-state index contributed by atoms with van der Waals surface area (Å²) in [5.74, 6) is 0.892. The van der Waals surface area contributed by atoms with E-state index in [9.17, 15) is 4.79 Å². The van der Waals surface area contributed by atoms with Gasteiger partial charge in [0.15, 0.2) is 0 Å². The summed E-state index contributed by atoms with van der Waals surface area (Å²) in [4.78, 5) is 16.3. The van der Waals surface area contributed by atoms with Crippen molar-refractivity contribution in [2.45, 2.75) is 18.9 Å². The molecule has 24 heavy (non-hydrogen) atoms. The predicted octanol–water partition coefficient (Wildman–Crippen LogP) is 0.0629. The van der Waals surface area contributed by atoms with E-state index < -0.39 is 0 Å². The Bertz CT molecular complexity index is 689. The van der Waals surface area contributed by atoms with Gasteiger partial charge in [-0.25, -0.2) is 0 Å². The highest BCUT2D eigenvalue weighted by molar-refractivity contribution is 5.78. The number of nitrogens with one attached hydrogen (secondary N) is 1. The molecule has 0 bridgehead atoms. The molecular formula is C16H21N7O. The average molecular weight is 327 g/mol. The van der Waals surface area contributed by atoms with E-state index in [4.69, 9.17) is 0 Å². The van der Waals surface area contributed by atoms with Crippen molar-refractivity contribution in [2.24, 2.45) is 0 Å². The lowest BCUT2D eigenvalue weighted by Gasteiger charge is -2.34. The molecule has 0 radical (unpaired) electrons. The maximum absolute atomic E-state index is 11.9. The van der Waals surface area contributed by atoms with E-state index in [0.29, 0.717) is 12.6 Å². The zero-order valence-corrected chi connectivity index (χ0v) is 13.5. The van der Waals surface area contributed by atoms with Crippen molar-refractivity contribution in [1.82, 2.24) is 30.4 Å². The van der Waals surface area contributed by atoms with Crippen LogP contribution >= 0.6 is 0 Å². The Morgan fingerprint density at radius 1 is 1.12 bits per heavy atom. The van der Waals surface area contributed by atoms with Gasteiger partial charge < -0.3 is 10.2 Å². The molecule has 4 rings (SSSR count). The maximum Gasteiger partial charge on any atom is 0.250 e. The standard InChI is InChI=1S/C16H21N7O/c24-15(17-13-6-7-13)12-21-8-10-22(11-9-21)16-18-19-20-23(16)14-4-2-1-3-5-14/h1-5,13H,6-12H2,(H,17,24). The summed E-state index contributed by atoms with van der Waals surface area (Å²) in [7, 11) is 0. The molecule has 0 unspecified atom stereocenters. The molecule has 1 N–H and O–H groups in total. The Labute approximate surface area is 140 Å². The van der Waals surface area contributed by atoms with Crippen LogP contribution in [0, 0.1) is 0 Å². The number of anilines is 1. The van der Waals surface area contributed by atoms with Gasteiger partial charge in [0.1, 0.15) is 0 Å². The van der Waals surface area contributed by atoms with E-state index in [0.717, 1.165) is 50.7 Å². The highest BCUT2D eigenvalue weighted by atomic mass is 16.2. The molecule has 1 aromatic carbocycles. The number of piperazine rings is 1. The number of para-hydroxylation sites is 1. The first-order chi connectivity index (χ1) is 11.8. The largest absolute Gasteiger partial charge is 0.352 e. The molecule has 0 atom stereocenters. The minimum Gasteiger partial charge on any atom is -0.352 e. The number of amides is 1. The van der Waals surface area contributed by atoms with Crippen LogP contribution in [0.4, 0.5) is 5.95 Å². The molecule has 1 saturated heterocycles. The van der Waals surface area contributed by atoms with Gasteiger partial charge in [-0.3, -0.25) is 9.69 Å². The van der Waals surface area contributed by atoms with Gasteiger partial charge in [0.25, 0.3) is 0 Å². The third-order valence-electron chi connectivity index (χ3n) is 4.42. The van der Waals surface area contributed by atoms with Gasteiger partial charge in [0.2, 0.25) is 11.9 Å². The fraction of sp³-hybridized carbons (Fsp3) is 0.500. The second kappa shape index (κ2) is 6.56. The van der Waals surface area contributed by atoms with E-state index in [1.165, 1.54) is 0 Å². The zero-order chi connectivity index (χ0) is 16.4. The number of rotatable bonds is 5. The summed E-state index contributed by atoms with van der Waals surface area (Å²) in [6.07, 6.45) is 2.25. The molecule has 0 spiro atoms. The third-order valence-corrected chi connectivity index (χ3v) is 4.42. The SMILES string of the molecule is O=C(CN1CCN(c2nnnn2-c2ccccc2)CC1)NC1CC1. The van der Waals surface area contributed by atoms with E-state index in [-0.39, 0.29) is 5.91 Å². The van der Waals surface area contributed by atoms with Crippen molar-refractivity contribution >= 4 is 11.9 Å². The van der Waals surface area contributed by atoms with Crippen LogP contribution in [0.25, 0.3) is 5.69 Å². The molecule has 1 aliphatic carbocycles. The van der Waals surface area contributed by atoms with Gasteiger partial charge in [-0.15, -0.1) is 0 Å². The lowest BCUT2D eigenvalue weighted by atomic mass is 10.3. The maximum atomic E-state index is 11.9. The molecule has 1 aliphatic heterocycles. The van der Waals surface area contributed by atoms with Crippen LogP contribution in [-0.4, -0.2) is 69.8 Å². The summed E-state index contributed by atoms with van der Waals surface area (Å²) >= 11 is 0.